The van der Waals surface area contributed by atoms with E-state index in [0.717, 1.165) is 32.4 Å². The number of halogens is 1. The molecule has 0 spiro atoms. The summed E-state index contributed by atoms with van der Waals surface area (Å²) in [7, 11) is 0. The number of hydrogen-bond donors (Lipinski definition) is 1. The smallest absolute Gasteiger partial charge is 0.227 e. The molecule has 1 heterocycles. The third-order valence-electron chi connectivity index (χ3n) is 3.44. The summed E-state index contributed by atoms with van der Waals surface area (Å²) in [5.74, 6) is 0.311. The van der Waals surface area contributed by atoms with E-state index < -0.39 is 0 Å². The van der Waals surface area contributed by atoms with Gasteiger partial charge in [0.25, 0.3) is 0 Å². The number of nitrogens with two attached hydrogens (primary N) is 1. The van der Waals surface area contributed by atoms with Crippen LogP contribution in [0.1, 0.15) is 26.2 Å². The number of rotatable bonds is 1. The normalized spacial score (nSPS) is 34.6. The summed E-state index contributed by atoms with van der Waals surface area (Å²) in [5, 5.41) is 0. The van der Waals surface area contributed by atoms with Crippen LogP contribution in [0.5, 0.6) is 0 Å². The summed E-state index contributed by atoms with van der Waals surface area (Å²) in [6.07, 6.45) is 3.22. The van der Waals surface area contributed by atoms with E-state index in [4.69, 9.17) is 10.5 Å². The van der Waals surface area contributed by atoms with Crippen LogP contribution in [0.2, 0.25) is 0 Å². The van der Waals surface area contributed by atoms with Crippen LogP contribution < -0.4 is 5.73 Å². The molecule has 3 unspecified atom stereocenters. The Bertz CT molecular complexity index is 250. The van der Waals surface area contributed by atoms with Gasteiger partial charge in [0.05, 0.1) is 18.6 Å². The van der Waals surface area contributed by atoms with Gasteiger partial charge in [0.2, 0.25) is 5.91 Å². The molecule has 0 radical (unpaired) electrons. The first-order chi connectivity index (χ1) is 7.18. The fraction of sp³-hybridized carbons (Fsp3) is 0.909. The van der Waals surface area contributed by atoms with Crippen LogP contribution in [0.25, 0.3) is 0 Å². The van der Waals surface area contributed by atoms with Crippen molar-refractivity contribution >= 4 is 18.3 Å². The predicted octanol–water partition coefficient (Wildman–Crippen LogP) is 0.783. The molecule has 0 aromatic carbocycles. The van der Waals surface area contributed by atoms with Crippen molar-refractivity contribution in [3.05, 3.63) is 0 Å². The van der Waals surface area contributed by atoms with Crippen LogP contribution in [0.3, 0.4) is 0 Å². The van der Waals surface area contributed by atoms with Crippen LogP contribution >= 0.6 is 12.4 Å². The van der Waals surface area contributed by atoms with Crippen LogP contribution in [-0.2, 0) is 9.53 Å². The van der Waals surface area contributed by atoms with Crippen molar-refractivity contribution in [1.82, 2.24) is 4.90 Å². The van der Waals surface area contributed by atoms with Crippen molar-refractivity contribution in [2.45, 2.75) is 38.3 Å². The lowest BCUT2D eigenvalue weighted by molar-refractivity contribution is -0.142. The molecule has 0 aromatic heterocycles. The standard InChI is InChI=1S/C11H20N2O2.ClH/c1-8-7-13(5-6-15-8)11(14)9-3-2-4-10(9)12;/h8-10H,2-7,12H2,1H3;1H. The Morgan fingerprint density at radius 1 is 1.44 bits per heavy atom. The summed E-state index contributed by atoms with van der Waals surface area (Å²) in [6, 6.07) is 0.0793. The molecule has 2 aliphatic rings. The average Bonchev–Trinajstić information content (AvgIpc) is 2.63. The van der Waals surface area contributed by atoms with E-state index in [1.54, 1.807) is 0 Å². The number of hydrogen-bond acceptors (Lipinski definition) is 3. The van der Waals surface area contributed by atoms with E-state index in [1.165, 1.54) is 0 Å². The number of carbonyl (C=O) groups is 1. The maximum absolute atomic E-state index is 12.1. The third kappa shape index (κ3) is 2.87. The first kappa shape index (κ1) is 13.7. The quantitative estimate of drug-likeness (QED) is 0.746. The maximum Gasteiger partial charge on any atom is 0.227 e. The second-order valence-electron chi connectivity index (χ2n) is 4.67. The molecule has 0 aromatic rings. The Hall–Kier alpha value is -0.320. The van der Waals surface area contributed by atoms with Gasteiger partial charge in [-0.05, 0) is 19.8 Å². The van der Waals surface area contributed by atoms with Gasteiger partial charge >= 0.3 is 0 Å². The van der Waals surface area contributed by atoms with Gasteiger partial charge < -0.3 is 15.4 Å². The summed E-state index contributed by atoms with van der Waals surface area (Å²) >= 11 is 0. The second kappa shape index (κ2) is 5.84. The molecule has 2 N–H and O–H groups in total. The van der Waals surface area contributed by atoms with E-state index in [-0.39, 0.29) is 36.4 Å². The van der Waals surface area contributed by atoms with Gasteiger partial charge in [0.15, 0.2) is 0 Å². The number of amides is 1. The molecule has 3 atom stereocenters. The molecule has 1 saturated heterocycles. The van der Waals surface area contributed by atoms with E-state index >= 15 is 0 Å². The molecule has 1 saturated carbocycles. The van der Waals surface area contributed by atoms with Crippen LogP contribution in [0, 0.1) is 5.92 Å². The van der Waals surface area contributed by atoms with Gasteiger partial charge in [-0.3, -0.25) is 4.79 Å². The summed E-state index contributed by atoms with van der Waals surface area (Å²) in [6.45, 7) is 4.12. The molecule has 4 nitrogen and oxygen atoms in total. The molecule has 16 heavy (non-hydrogen) atoms. The lowest BCUT2D eigenvalue weighted by Gasteiger charge is -2.33. The Morgan fingerprint density at radius 3 is 2.75 bits per heavy atom. The molecule has 1 aliphatic heterocycles. The number of carbonyl (C=O) groups excluding carboxylic acids is 1. The summed E-state index contributed by atoms with van der Waals surface area (Å²) in [5.41, 5.74) is 5.94. The van der Waals surface area contributed by atoms with Crippen molar-refractivity contribution in [1.29, 1.82) is 0 Å². The highest BCUT2D eigenvalue weighted by atomic mass is 35.5. The van der Waals surface area contributed by atoms with Gasteiger partial charge in [0.1, 0.15) is 0 Å². The number of ether oxygens (including phenoxy) is 1. The van der Waals surface area contributed by atoms with Gasteiger partial charge in [-0.2, -0.15) is 0 Å². The summed E-state index contributed by atoms with van der Waals surface area (Å²) in [4.78, 5) is 14.1. The van der Waals surface area contributed by atoms with Crippen molar-refractivity contribution < 1.29 is 9.53 Å². The van der Waals surface area contributed by atoms with Crippen LogP contribution in [-0.4, -0.2) is 42.6 Å². The zero-order chi connectivity index (χ0) is 10.8. The van der Waals surface area contributed by atoms with Gasteiger partial charge in [-0.1, -0.05) is 6.42 Å². The number of nitrogens with zero attached hydrogens (tertiary/aromatic N) is 1. The minimum absolute atomic E-state index is 0. The highest BCUT2D eigenvalue weighted by Gasteiger charge is 2.34. The molecule has 5 heteroatoms. The fourth-order valence-corrected chi connectivity index (χ4v) is 2.55. The Balaban J connectivity index is 0.00000128. The Labute approximate surface area is 103 Å². The molecule has 2 rings (SSSR count). The van der Waals surface area contributed by atoms with Crippen molar-refractivity contribution in [2.75, 3.05) is 19.7 Å². The van der Waals surface area contributed by atoms with Crippen molar-refractivity contribution in [3.63, 3.8) is 0 Å². The monoisotopic (exact) mass is 248 g/mol. The van der Waals surface area contributed by atoms with Crippen molar-refractivity contribution in [2.24, 2.45) is 11.7 Å². The molecular weight excluding hydrogens is 228 g/mol. The predicted molar refractivity (Wildman–Crippen MR) is 64.6 cm³/mol. The second-order valence-corrected chi connectivity index (χ2v) is 4.67. The molecular formula is C11H21ClN2O2. The van der Waals surface area contributed by atoms with Gasteiger partial charge in [-0.15, -0.1) is 12.4 Å². The van der Waals surface area contributed by atoms with Gasteiger partial charge in [-0.25, -0.2) is 0 Å². The van der Waals surface area contributed by atoms with E-state index in [2.05, 4.69) is 0 Å². The zero-order valence-electron chi connectivity index (χ0n) is 9.72. The molecule has 0 bridgehead atoms. The highest BCUT2D eigenvalue weighted by molar-refractivity contribution is 5.85. The maximum atomic E-state index is 12.1. The Morgan fingerprint density at radius 2 is 2.19 bits per heavy atom. The molecule has 94 valence electrons. The van der Waals surface area contributed by atoms with E-state index in [9.17, 15) is 4.79 Å². The van der Waals surface area contributed by atoms with Crippen molar-refractivity contribution in [3.8, 4) is 0 Å². The lowest BCUT2D eigenvalue weighted by Crippen LogP contribution is -2.49. The molecule has 1 amide bonds. The number of morpholine rings is 1. The SMILES string of the molecule is CC1CN(C(=O)C2CCCC2N)CCO1.Cl. The first-order valence-corrected chi connectivity index (χ1v) is 5.84. The minimum atomic E-state index is 0. The minimum Gasteiger partial charge on any atom is -0.375 e. The molecule has 1 aliphatic carbocycles. The highest BCUT2D eigenvalue weighted by Crippen LogP contribution is 2.26. The van der Waals surface area contributed by atoms with Crippen LogP contribution in [0.4, 0.5) is 0 Å². The zero-order valence-corrected chi connectivity index (χ0v) is 10.5. The van der Waals surface area contributed by atoms with E-state index in [0.29, 0.717) is 6.61 Å². The van der Waals surface area contributed by atoms with Crippen LogP contribution in [0.15, 0.2) is 0 Å². The fourth-order valence-electron chi connectivity index (χ4n) is 2.55. The topological polar surface area (TPSA) is 55.6 Å². The molecule has 2 fully saturated rings. The third-order valence-corrected chi connectivity index (χ3v) is 3.44. The van der Waals surface area contributed by atoms with Gasteiger partial charge in [0, 0.05) is 19.1 Å². The summed E-state index contributed by atoms with van der Waals surface area (Å²) < 4.78 is 5.42. The first-order valence-electron chi connectivity index (χ1n) is 5.84. The lowest BCUT2D eigenvalue weighted by atomic mass is 10.0. The largest absolute Gasteiger partial charge is 0.375 e. The van der Waals surface area contributed by atoms with E-state index in [1.807, 2.05) is 11.8 Å². The average molecular weight is 249 g/mol. The Kier molecular flexibility index (Phi) is 5.02.